The Morgan fingerprint density at radius 1 is 0.237 bits per heavy atom. The largest absolute Gasteiger partial charge is 2.00 e. The second-order valence-corrected chi connectivity index (χ2v) is 14.3. The van der Waals surface area contributed by atoms with E-state index in [4.69, 9.17) is 30.6 Å². The van der Waals surface area contributed by atoms with E-state index in [0.717, 1.165) is 87.9 Å². The molecule has 12 aromatic rings. The summed E-state index contributed by atoms with van der Waals surface area (Å²) in [5.41, 5.74) is 7.05. The van der Waals surface area contributed by atoms with Crippen molar-refractivity contribution in [1.29, 1.82) is 0 Å². The molecule has 12 rings (SSSR count). The molecule has 0 aliphatic heterocycles. The molecule has 0 atom stereocenters. The Kier molecular flexibility index (Phi) is 9.22. The van der Waals surface area contributed by atoms with Crippen LogP contribution in [0.5, 0.6) is 0 Å². The third-order valence-electron chi connectivity index (χ3n) is 10.9. The van der Waals surface area contributed by atoms with Crippen molar-refractivity contribution >= 4 is 109 Å². The maximum atomic E-state index is 4.99. The first kappa shape index (κ1) is 35.9. The standard InChI is InChI=1S/2C26H16N3.Fe/c2*1-3-9-19-17(7-1)15-27-25-21(19)11-5-13-23(25)29-24-14-6-12-22-20-10-4-2-8-18(20)16-28-26(22)24;/h2*1-16H;/q2*-1;+2. The third kappa shape index (κ3) is 6.39. The number of hydrogen-bond acceptors (Lipinski definition) is 4. The van der Waals surface area contributed by atoms with E-state index in [-0.39, 0.29) is 17.1 Å². The van der Waals surface area contributed by atoms with Crippen molar-refractivity contribution in [3.8, 4) is 0 Å². The van der Waals surface area contributed by atoms with Crippen molar-refractivity contribution in [3.63, 3.8) is 0 Å². The smallest absolute Gasteiger partial charge is 0.654 e. The average Bonchev–Trinajstić information content (AvgIpc) is 3.29. The number of nitrogens with zero attached hydrogens (tertiary/aromatic N) is 6. The van der Waals surface area contributed by atoms with Gasteiger partial charge in [-0.2, -0.15) is 0 Å². The fraction of sp³-hybridized carbons (Fsp3) is 0. The summed E-state index contributed by atoms with van der Waals surface area (Å²) in [5, 5.41) is 23.7. The van der Waals surface area contributed by atoms with Gasteiger partial charge in [0, 0.05) is 67.9 Å². The fourth-order valence-electron chi connectivity index (χ4n) is 8.11. The molecule has 7 heteroatoms. The van der Waals surface area contributed by atoms with Crippen molar-refractivity contribution in [2.45, 2.75) is 0 Å². The fourth-order valence-corrected chi connectivity index (χ4v) is 8.11. The summed E-state index contributed by atoms with van der Waals surface area (Å²) in [7, 11) is 0. The molecule has 8 aromatic carbocycles. The van der Waals surface area contributed by atoms with Gasteiger partial charge in [0.1, 0.15) is 0 Å². The molecular weight excluding hydrogens is 764 g/mol. The van der Waals surface area contributed by atoms with Crippen LogP contribution in [0.2, 0.25) is 0 Å². The maximum absolute atomic E-state index is 4.99. The molecule has 0 unspecified atom stereocenters. The second kappa shape index (κ2) is 15.1. The third-order valence-corrected chi connectivity index (χ3v) is 10.9. The Morgan fingerprint density at radius 2 is 0.458 bits per heavy atom. The quantitative estimate of drug-likeness (QED) is 0.131. The van der Waals surface area contributed by atoms with Crippen molar-refractivity contribution in [1.82, 2.24) is 19.9 Å². The topological polar surface area (TPSA) is 79.8 Å². The van der Waals surface area contributed by atoms with Crippen LogP contribution in [0.3, 0.4) is 0 Å². The summed E-state index contributed by atoms with van der Waals surface area (Å²) < 4.78 is 0. The van der Waals surface area contributed by atoms with Gasteiger partial charge >= 0.3 is 17.1 Å². The summed E-state index contributed by atoms with van der Waals surface area (Å²) in [6, 6.07) is 58.0. The zero-order chi connectivity index (χ0) is 38.4. The van der Waals surface area contributed by atoms with Crippen LogP contribution < -0.4 is 0 Å². The van der Waals surface area contributed by atoms with Crippen LogP contribution in [0.25, 0.3) is 97.3 Å². The van der Waals surface area contributed by atoms with E-state index in [1.165, 1.54) is 21.5 Å². The van der Waals surface area contributed by atoms with E-state index in [1.807, 2.05) is 97.6 Å². The first-order valence-electron chi connectivity index (χ1n) is 19.3. The van der Waals surface area contributed by atoms with Crippen molar-refractivity contribution in [2.24, 2.45) is 0 Å². The van der Waals surface area contributed by atoms with Gasteiger partial charge in [0.05, 0.1) is 22.1 Å². The minimum atomic E-state index is 0. The number of rotatable bonds is 4. The van der Waals surface area contributed by atoms with Gasteiger partial charge in [-0.3, -0.25) is 19.9 Å². The molecule has 0 amide bonds. The molecular formula is C52H32FeN6. The molecule has 4 heterocycles. The molecule has 59 heavy (non-hydrogen) atoms. The van der Waals surface area contributed by atoms with Crippen LogP contribution in [0.4, 0.5) is 22.7 Å². The molecule has 0 bridgehead atoms. The molecule has 0 aliphatic carbocycles. The Morgan fingerprint density at radius 3 is 0.712 bits per heavy atom. The number of hydrogen-bond donors (Lipinski definition) is 0. The van der Waals surface area contributed by atoms with Crippen molar-refractivity contribution < 1.29 is 17.1 Å². The van der Waals surface area contributed by atoms with Gasteiger partial charge in [0.25, 0.3) is 0 Å². The second-order valence-electron chi connectivity index (χ2n) is 14.3. The Hall–Kier alpha value is -7.44. The number of benzene rings is 8. The molecule has 0 saturated carbocycles. The average molecular weight is 797 g/mol. The van der Waals surface area contributed by atoms with Gasteiger partial charge < -0.3 is 10.6 Å². The zero-order valence-corrected chi connectivity index (χ0v) is 32.6. The monoisotopic (exact) mass is 796 g/mol. The van der Waals surface area contributed by atoms with E-state index >= 15 is 0 Å². The Labute approximate surface area is 350 Å². The minimum absolute atomic E-state index is 0. The van der Waals surface area contributed by atoms with Gasteiger partial charge in [0.15, 0.2) is 0 Å². The molecule has 278 valence electrons. The van der Waals surface area contributed by atoms with Crippen LogP contribution in [0.1, 0.15) is 0 Å². The Bertz CT molecular complexity index is 3080. The van der Waals surface area contributed by atoms with E-state index in [0.29, 0.717) is 0 Å². The van der Waals surface area contributed by atoms with Crippen molar-refractivity contribution in [3.05, 3.63) is 205 Å². The molecule has 0 aliphatic rings. The van der Waals surface area contributed by atoms with Gasteiger partial charge in [-0.25, -0.2) is 0 Å². The molecule has 0 radical (unpaired) electrons. The van der Waals surface area contributed by atoms with Crippen LogP contribution in [0.15, 0.2) is 195 Å². The van der Waals surface area contributed by atoms with Crippen LogP contribution in [-0.4, -0.2) is 19.9 Å². The number of pyridine rings is 4. The number of fused-ring (bicyclic) bond motifs is 12. The van der Waals surface area contributed by atoms with Crippen LogP contribution in [0, 0.1) is 0 Å². The maximum Gasteiger partial charge on any atom is 2.00 e. The predicted molar refractivity (Wildman–Crippen MR) is 242 cm³/mol. The first-order valence-corrected chi connectivity index (χ1v) is 19.3. The van der Waals surface area contributed by atoms with Crippen LogP contribution >= 0.6 is 0 Å². The minimum Gasteiger partial charge on any atom is -0.654 e. The van der Waals surface area contributed by atoms with Gasteiger partial charge in [-0.05, 0) is 21.5 Å². The van der Waals surface area contributed by atoms with Crippen LogP contribution in [-0.2, 0) is 17.1 Å². The van der Waals surface area contributed by atoms with E-state index in [9.17, 15) is 0 Å². The van der Waals surface area contributed by atoms with Gasteiger partial charge in [-0.15, -0.1) is 22.7 Å². The van der Waals surface area contributed by atoms with Crippen molar-refractivity contribution in [2.75, 3.05) is 0 Å². The molecule has 0 fully saturated rings. The number of aromatic nitrogens is 4. The van der Waals surface area contributed by atoms with E-state index in [2.05, 4.69) is 97.1 Å². The molecule has 6 nitrogen and oxygen atoms in total. The van der Waals surface area contributed by atoms with Gasteiger partial charge in [-0.1, -0.05) is 170 Å². The normalized spacial score (nSPS) is 11.3. The summed E-state index contributed by atoms with van der Waals surface area (Å²) in [4.78, 5) is 18.9. The number of para-hydroxylation sites is 4. The zero-order valence-electron chi connectivity index (χ0n) is 31.5. The van der Waals surface area contributed by atoms with E-state index in [1.54, 1.807) is 0 Å². The summed E-state index contributed by atoms with van der Waals surface area (Å²) in [6.45, 7) is 0. The molecule has 0 saturated heterocycles. The molecule has 4 aromatic heterocycles. The summed E-state index contributed by atoms with van der Waals surface area (Å²) in [6.07, 6.45) is 7.69. The SMILES string of the molecule is [Fe+2].c1ccc2c(c1)cnc1c([N-]c3cccc4c3ncc3ccccc34)cccc12.c1ccc2c(c1)cnc1c([N-]c3cccc4c3ncc3ccccc34)cccc12. The summed E-state index contributed by atoms with van der Waals surface area (Å²) in [5.74, 6) is 0. The predicted octanol–water partition coefficient (Wildman–Crippen LogP) is 14.9. The summed E-state index contributed by atoms with van der Waals surface area (Å²) >= 11 is 0. The molecule has 0 spiro atoms. The Balaban J connectivity index is 0.000000140. The van der Waals surface area contributed by atoms with E-state index < -0.39 is 0 Å². The van der Waals surface area contributed by atoms with Gasteiger partial charge in [0.2, 0.25) is 0 Å². The first-order chi connectivity index (χ1) is 28.8. The molecule has 0 N–H and O–H groups in total.